The molecule has 0 radical (unpaired) electrons. The summed E-state index contributed by atoms with van der Waals surface area (Å²) in [6.45, 7) is 1.48. The van der Waals surface area contributed by atoms with Crippen molar-refractivity contribution in [2.75, 3.05) is 10.6 Å². The molecule has 3 rings (SSSR count). The molecule has 5 nitrogen and oxygen atoms in total. The number of hydrogen-bond acceptors (Lipinski definition) is 4. The molecule has 1 aliphatic carbocycles. The summed E-state index contributed by atoms with van der Waals surface area (Å²) < 4.78 is 0.947. The zero-order valence-electron chi connectivity index (χ0n) is 11.8. The quantitative estimate of drug-likeness (QED) is 0.913. The molecule has 0 spiro atoms. The summed E-state index contributed by atoms with van der Waals surface area (Å²) in [5.41, 5.74) is 1.57. The van der Waals surface area contributed by atoms with Gasteiger partial charge in [0.1, 0.15) is 0 Å². The van der Waals surface area contributed by atoms with Crippen LogP contribution in [0.15, 0.2) is 18.2 Å². The molecule has 1 aliphatic rings. The van der Waals surface area contributed by atoms with E-state index in [1.54, 1.807) is 0 Å². The SMILES string of the molecule is CC(=O)Nc1ccc2nc(NC(=O)C3CCCC3)sc2c1. The Morgan fingerprint density at radius 3 is 2.71 bits per heavy atom. The highest BCUT2D eigenvalue weighted by molar-refractivity contribution is 7.22. The number of fused-ring (bicyclic) bond motifs is 1. The molecule has 110 valence electrons. The largest absolute Gasteiger partial charge is 0.326 e. The second-order valence-corrected chi connectivity index (χ2v) is 6.38. The molecule has 0 saturated heterocycles. The maximum absolute atomic E-state index is 12.1. The van der Waals surface area contributed by atoms with E-state index in [-0.39, 0.29) is 17.7 Å². The topological polar surface area (TPSA) is 71.1 Å². The monoisotopic (exact) mass is 303 g/mol. The predicted molar refractivity (Wildman–Crippen MR) is 84.5 cm³/mol. The molecule has 1 aromatic carbocycles. The van der Waals surface area contributed by atoms with Crippen LogP contribution in [-0.4, -0.2) is 16.8 Å². The van der Waals surface area contributed by atoms with Crippen LogP contribution in [0.4, 0.5) is 10.8 Å². The first-order valence-electron chi connectivity index (χ1n) is 7.11. The Kier molecular flexibility index (Phi) is 3.88. The number of amides is 2. The summed E-state index contributed by atoms with van der Waals surface area (Å²) in [5, 5.41) is 6.29. The first-order chi connectivity index (χ1) is 10.1. The summed E-state index contributed by atoms with van der Waals surface area (Å²) in [4.78, 5) is 27.6. The van der Waals surface area contributed by atoms with Crippen molar-refractivity contribution >= 4 is 44.2 Å². The molecule has 2 N–H and O–H groups in total. The molecular weight excluding hydrogens is 286 g/mol. The third-order valence-electron chi connectivity index (χ3n) is 3.66. The highest BCUT2D eigenvalue weighted by atomic mass is 32.1. The highest BCUT2D eigenvalue weighted by Crippen LogP contribution is 2.30. The van der Waals surface area contributed by atoms with Crippen LogP contribution in [-0.2, 0) is 9.59 Å². The maximum Gasteiger partial charge on any atom is 0.229 e. The van der Waals surface area contributed by atoms with Gasteiger partial charge in [-0.05, 0) is 31.0 Å². The van der Waals surface area contributed by atoms with Gasteiger partial charge in [0, 0.05) is 18.5 Å². The van der Waals surface area contributed by atoms with Crippen molar-refractivity contribution < 1.29 is 9.59 Å². The third kappa shape index (κ3) is 3.21. The van der Waals surface area contributed by atoms with Crippen LogP contribution in [0.3, 0.4) is 0 Å². The van der Waals surface area contributed by atoms with E-state index in [1.807, 2.05) is 18.2 Å². The van der Waals surface area contributed by atoms with E-state index in [0.717, 1.165) is 41.6 Å². The van der Waals surface area contributed by atoms with Crippen molar-refractivity contribution in [2.45, 2.75) is 32.6 Å². The Morgan fingerprint density at radius 2 is 2.00 bits per heavy atom. The number of carbonyl (C=O) groups excluding carboxylic acids is 2. The Labute approximate surface area is 126 Å². The fourth-order valence-corrected chi connectivity index (χ4v) is 3.56. The van der Waals surface area contributed by atoms with Crippen LogP contribution in [0.25, 0.3) is 10.2 Å². The lowest BCUT2D eigenvalue weighted by atomic mass is 10.1. The molecule has 1 heterocycles. The number of nitrogens with zero attached hydrogens (tertiary/aromatic N) is 1. The van der Waals surface area contributed by atoms with Gasteiger partial charge < -0.3 is 10.6 Å². The van der Waals surface area contributed by atoms with Crippen molar-refractivity contribution in [3.8, 4) is 0 Å². The van der Waals surface area contributed by atoms with Crippen LogP contribution in [0.1, 0.15) is 32.6 Å². The van der Waals surface area contributed by atoms with Gasteiger partial charge in [-0.25, -0.2) is 4.98 Å². The van der Waals surface area contributed by atoms with E-state index >= 15 is 0 Å². The Bertz CT molecular complexity index is 689. The van der Waals surface area contributed by atoms with Crippen molar-refractivity contribution in [2.24, 2.45) is 5.92 Å². The van der Waals surface area contributed by atoms with Gasteiger partial charge in [0.25, 0.3) is 0 Å². The fraction of sp³-hybridized carbons (Fsp3) is 0.400. The lowest BCUT2D eigenvalue weighted by Gasteiger charge is -2.06. The Balaban J connectivity index is 1.77. The molecule has 0 aliphatic heterocycles. The van der Waals surface area contributed by atoms with E-state index in [1.165, 1.54) is 18.3 Å². The van der Waals surface area contributed by atoms with Gasteiger partial charge in [0.05, 0.1) is 10.2 Å². The Hall–Kier alpha value is -1.95. The van der Waals surface area contributed by atoms with Crippen LogP contribution in [0.2, 0.25) is 0 Å². The molecule has 0 bridgehead atoms. The summed E-state index contributed by atoms with van der Waals surface area (Å²) in [5.74, 6) is 0.106. The lowest BCUT2D eigenvalue weighted by Crippen LogP contribution is -2.19. The van der Waals surface area contributed by atoms with E-state index in [0.29, 0.717) is 5.13 Å². The molecule has 1 fully saturated rings. The molecule has 1 aromatic heterocycles. The number of anilines is 2. The number of thiazole rings is 1. The summed E-state index contributed by atoms with van der Waals surface area (Å²) in [6.07, 6.45) is 4.23. The zero-order valence-corrected chi connectivity index (χ0v) is 12.6. The molecule has 21 heavy (non-hydrogen) atoms. The molecule has 0 unspecified atom stereocenters. The normalized spacial score (nSPS) is 15.3. The lowest BCUT2D eigenvalue weighted by molar-refractivity contribution is -0.119. The summed E-state index contributed by atoms with van der Waals surface area (Å²) in [7, 11) is 0. The van der Waals surface area contributed by atoms with Crippen molar-refractivity contribution in [1.29, 1.82) is 0 Å². The van der Waals surface area contributed by atoms with Crippen molar-refractivity contribution in [1.82, 2.24) is 4.98 Å². The zero-order chi connectivity index (χ0) is 14.8. The van der Waals surface area contributed by atoms with Crippen LogP contribution in [0.5, 0.6) is 0 Å². The molecule has 0 atom stereocenters. The molecule has 1 saturated carbocycles. The minimum Gasteiger partial charge on any atom is -0.326 e. The first kappa shape index (κ1) is 14.0. The second-order valence-electron chi connectivity index (χ2n) is 5.35. The van der Waals surface area contributed by atoms with Crippen LogP contribution < -0.4 is 10.6 Å². The number of aromatic nitrogens is 1. The van der Waals surface area contributed by atoms with Crippen molar-refractivity contribution in [3.63, 3.8) is 0 Å². The number of nitrogens with one attached hydrogen (secondary N) is 2. The van der Waals surface area contributed by atoms with Crippen LogP contribution in [0, 0.1) is 5.92 Å². The molecular formula is C15H17N3O2S. The van der Waals surface area contributed by atoms with Crippen LogP contribution >= 0.6 is 11.3 Å². The van der Waals surface area contributed by atoms with Gasteiger partial charge in [-0.2, -0.15) is 0 Å². The number of hydrogen-bond donors (Lipinski definition) is 2. The van der Waals surface area contributed by atoms with E-state index in [2.05, 4.69) is 15.6 Å². The van der Waals surface area contributed by atoms with E-state index in [4.69, 9.17) is 0 Å². The second kappa shape index (κ2) is 5.81. The first-order valence-corrected chi connectivity index (χ1v) is 7.92. The van der Waals surface area contributed by atoms with Crippen molar-refractivity contribution in [3.05, 3.63) is 18.2 Å². The average Bonchev–Trinajstić information content (AvgIpc) is 3.05. The minimum absolute atomic E-state index is 0.0774. The predicted octanol–water partition coefficient (Wildman–Crippen LogP) is 3.38. The van der Waals surface area contributed by atoms with Gasteiger partial charge in [0.2, 0.25) is 11.8 Å². The number of rotatable bonds is 3. The molecule has 2 amide bonds. The van der Waals surface area contributed by atoms with Gasteiger partial charge in [-0.3, -0.25) is 9.59 Å². The number of benzene rings is 1. The molecule has 6 heteroatoms. The highest BCUT2D eigenvalue weighted by Gasteiger charge is 2.23. The molecule has 2 aromatic rings. The van der Waals surface area contributed by atoms with E-state index in [9.17, 15) is 9.59 Å². The Morgan fingerprint density at radius 1 is 1.24 bits per heavy atom. The van der Waals surface area contributed by atoms with E-state index < -0.39 is 0 Å². The maximum atomic E-state index is 12.1. The third-order valence-corrected chi connectivity index (χ3v) is 4.60. The summed E-state index contributed by atoms with van der Waals surface area (Å²) >= 11 is 1.43. The number of carbonyl (C=O) groups is 2. The fourth-order valence-electron chi connectivity index (χ4n) is 2.65. The minimum atomic E-state index is -0.103. The average molecular weight is 303 g/mol. The smallest absolute Gasteiger partial charge is 0.229 e. The van der Waals surface area contributed by atoms with Gasteiger partial charge in [-0.15, -0.1) is 0 Å². The van der Waals surface area contributed by atoms with Gasteiger partial charge in [-0.1, -0.05) is 24.2 Å². The van der Waals surface area contributed by atoms with Gasteiger partial charge >= 0.3 is 0 Å². The van der Waals surface area contributed by atoms with Gasteiger partial charge in [0.15, 0.2) is 5.13 Å². The standard InChI is InChI=1S/C15H17N3O2S/c1-9(19)16-11-6-7-12-13(8-11)21-15(17-12)18-14(20)10-4-2-3-5-10/h6-8,10H,2-5H2,1H3,(H,16,19)(H,17,18,20). The summed E-state index contributed by atoms with van der Waals surface area (Å²) in [6, 6.07) is 5.54.